The quantitative estimate of drug-likeness (QED) is 0.807. The van der Waals surface area contributed by atoms with E-state index < -0.39 is 0 Å². The number of aromatic nitrogens is 1. The Labute approximate surface area is 137 Å². The number of hydrogen-bond acceptors (Lipinski definition) is 3. The Hall–Kier alpha value is -0.780. The van der Waals surface area contributed by atoms with Gasteiger partial charge in [0.2, 0.25) is 0 Å². The van der Waals surface area contributed by atoms with Crippen LogP contribution in [0.2, 0.25) is 0 Å². The van der Waals surface area contributed by atoms with Crippen molar-refractivity contribution < 1.29 is 4.39 Å². The monoisotopic (exact) mass is 370 g/mol. The Balaban J connectivity index is 2.47. The minimum absolute atomic E-state index is 0.0503. The number of rotatable bonds is 4. The summed E-state index contributed by atoms with van der Waals surface area (Å²) in [6, 6.07) is 5.11. The first kappa shape index (κ1) is 16.6. The van der Waals surface area contributed by atoms with Gasteiger partial charge in [0.25, 0.3) is 0 Å². The van der Waals surface area contributed by atoms with E-state index in [9.17, 15) is 4.39 Å². The van der Waals surface area contributed by atoms with Crippen LogP contribution in [0.3, 0.4) is 0 Å². The van der Waals surface area contributed by atoms with Crippen LogP contribution in [-0.4, -0.2) is 11.5 Å². The molecule has 114 valence electrons. The van der Waals surface area contributed by atoms with Crippen LogP contribution in [-0.2, 0) is 12.0 Å². The van der Waals surface area contributed by atoms with Crippen LogP contribution in [0.4, 0.5) is 4.39 Å². The smallest absolute Gasteiger partial charge is 0.134 e. The molecule has 0 amide bonds. The molecule has 5 heteroatoms. The highest BCUT2D eigenvalue weighted by Crippen LogP contribution is 2.36. The van der Waals surface area contributed by atoms with Crippen molar-refractivity contribution in [1.29, 1.82) is 0 Å². The van der Waals surface area contributed by atoms with Crippen molar-refractivity contribution in [1.82, 2.24) is 10.3 Å². The third kappa shape index (κ3) is 3.90. The van der Waals surface area contributed by atoms with Gasteiger partial charge in [-0.25, -0.2) is 9.37 Å². The summed E-state index contributed by atoms with van der Waals surface area (Å²) in [4.78, 5) is 5.90. The highest BCUT2D eigenvalue weighted by molar-refractivity contribution is 9.10. The number of benzene rings is 1. The molecule has 0 aliphatic carbocycles. The number of nitrogens with zero attached hydrogens (tertiary/aromatic N) is 1. The molecular formula is C16H20BrFN2S. The first-order valence-corrected chi connectivity index (χ1v) is 8.60. The van der Waals surface area contributed by atoms with Gasteiger partial charge >= 0.3 is 0 Å². The zero-order valence-corrected chi connectivity index (χ0v) is 15.2. The molecule has 0 saturated carbocycles. The molecule has 1 N–H and O–H groups in total. The Kier molecular flexibility index (Phi) is 5.17. The average molecular weight is 371 g/mol. The molecule has 1 aromatic heterocycles. The standard InChI is InChI=1S/C16H20BrFN2S/c1-5-19-9-13-14(16(2,3)4)20-15(21-13)11-7-6-10(17)8-12(11)18/h6-8,19H,5,9H2,1-4H3. The lowest BCUT2D eigenvalue weighted by Crippen LogP contribution is -2.18. The molecule has 2 nitrogen and oxygen atoms in total. The summed E-state index contributed by atoms with van der Waals surface area (Å²) < 4.78 is 14.9. The predicted octanol–water partition coefficient (Wildman–Crippen LogP) is 5.12. The zero-order chi connectivity index (χ0) is 15.6. The zero-order valence-electron chi connectivity index (χ0n) is 12.8. The van der Waals surface area contributed by atoms with Gasteiger partial charge < -0.3 is 5.32 Å². The van der Waals surface area contributed by atoms with E-state index in [1.165, 1.54) is 10.9 Å². The maximum absolute atomic E-state index is 14.1. The second-order valence-electron chi connectivity index (χ2n) is 5.95. The maximum atomic E-state index is 14.1. The van der Waals surface area contributed by atoms with E-state index >= 15 is 0 Å². The summed E-state index contributed by atoms with van der Waals surface area (Å²) in [5, 5.41) is 4.08. The van der Waals surface area contributed by atoms with Gasteiger partial charge in [0.1, 0.15) is 10.8 Å². The van der Waals surface area contributed by atoms with Crippen LogP contribution in [0.15, 0.2) is 22.7 Å². The fourth-order valence-electron chi connectivity index (χ4n) is 2.07. The molecule has 0 saturated heterocycles. The van der Waals surface area contributed by atoms with Crippen molar-refractivity contribution in [3.8, 4) is 10.6 Å². The van der Waals surface area contributed by atoms with E-state index in [4.69, 9.17) is 4.98 Å². The van der Waals surface area contributed by atoms with Gasteiger partial charge in [-0.05, 0) is 24.7 Å². The second kappa shape index (κ2) is 6.55. The van der Waals surface area contributed by atoms with E-state index in [2.05, 4.69) is 48.9 Å². The summed E-state index contributed by atoms with van der Waals surface area (Å²) in [6.07, 6.45) is 0. The third-order valence-electron chi connectivity index (χ3n) is 3.10. The molecule has 2 aromatic rings. The fraction of sp³-hybridized carbons (Fsp3) is 0.438. The van der Waals surface area contributed by atoms with Crippen molar-refractivity contribution >= 4 is 27.3 Å². The molecule has 0 fully saturated rings. The third-order valence-corrected chi connectivity index (χ3v) is 4.69. The Bertz CT molecular complexity index is 632. The molecule has 2 rings (SSSR count). The van der Waals surface area contributed by atoms with Crippen LogP contribution in [0.25, 0.3) is 10.6 Å². The van der Waals surface area contributed by atoms with E-state index in [-0.39, 0.29) is 11.2 Å². The lowest BCUT2D eigenvalue weighted by Gasteiger charge is -2.17. The van der Waals surface area contributed by atoms with Crippen molar-refractivity contribution in [2.45, 2.75) is 39.7 Å². The highest BCUT2D eigenvalue weighted by atomic mass is 79.9. The molecular weight excluding hydrogens is 351 g/mol. The van der Waals surface area contributed by atoms with Gasteiger partial charge in [0.05, 0.1) is 5.69 Å². The molecule has 0 aliphatic heterocycles. The molecule has 1 aromatic carbocycles. The molecule has 0 spiro atoms. The van der Waals surface area contributed by atoms with Crippen LogP contribution >= 0.6 is 27.3 Å². The largest absolute Gasteiger partial charge is 0.312 e. The number of hydrogen-bond donors (Lipinski definition) is 1. The van der Waals surface area contributed by atoms with Crippen molar-refractivity contribution in [3.05, 3.63) is 39.1 Å². The number of thiazole rings is 1. The average Bonchev–Trinajstić information content (AvgIpc) is 2.80. The summed E-state index contributed by atoms with van der Waals surface area (Å²) >= 11 is 4.86. The molecule has 0 atom stereocenters. The van der Waals surface area contributed by atoms with Crippen molar-refractivity contribution in [2.24, 2.45) is 0 Å². The van der Waals surface area contributed by atoms with E-state index in [0.717, 1.165) is 28.3 Å². The Morgan fingerprint density at radius 1 is 1.33 bits per heavy atom. The molecule has 1 heterocycles. The normalized spacial score (nSPS) is 11.9. The van der Waals surface area contributed by atoms with E-state index in [1.807, 2.05) is 6.07 Å². The summed E-state index contributed by atoms with van der Waals surface area (Å²) in [5.74, 6) is -0.242. The van der Waals surface area contributed by atoms with Crippen LogP contribution < -0.4 is 5.32 Å². The topological polar surface area (TPSA) is 24.9 Å². The maximum Gasteiger partial charge on any atom is 0.134 e. The van der Waals surface area contributed by atoms with Crippen molar-refractivity contribution in [3.63, 3.8) is 0 Å². The lowest BCUT2D eigenvalue weighted by atomic mass is 9.91. The number of halogens is 2. The minimum Gasteiger partial charge on any atom is -0.312 e. The lowest BCUT2D eigenvalue weighted by molar-refractivity contribution is 0.561. The molecule has 21 heavy (non-hydrogen) atoms. The van der Waals surface area contributed by atoms with Gasteiger partial charge in [0, 0.05) is 26.9 Å². The Morgan fingerprint density at radius 2 is 2.05 bits per heavy atom. The fourth-order valence-corrected chi connectivity index (χ4v) is 3.68. The summed E-state index contributed by atoms with van der Waals surface area (Å²) in [7, 11) is 0. The summed E-state index contributed by atoms with van der Waals surface area (Å²) in [6.45, 7) is 10.2. The van der Waals surface area contributed by atoms with Gasteiger partial charge in [-0.15, -0.1) is 11.3 Å². The second-order valence-corrected chi connectivity index (χ2v) is 7.94. The molecule has 0 unspecified atom stereocenters. The first-order valence-electron chi connectivity index (χ1n) is 6.99. The van der Waals surface area contributed by atoms with Gasteiger partial charge in [-0.2, -0.15) is 0 Å². The first-order chi connectivity index (χ1) is 9.82. The van der Waals surface area contributed by atoms with Crippen LogP contribution in [0.5, 0.6) is 0 Å². The highest BCUT2D eigenvalue weighted by Gasteiger charge is 2.24. The predicted molar refractivity (Wildman–Crippen MR) is 91.3 cm³/mol. The van der Waals surface area contributed by atoms with E-state index in [0.29, 0.717) is 5.56 Å². The van der Waals surface area contributed by atoms with Gasteiger partial charge in [0.15, 0.2) is 0 Å². The Morgan fingerprint density at radius 3 is 2.62 bits per heavy atom. The van der Waals surface area contributed by atoms with Gasteiger partial charge in [-0.1, -0.05) is 43.6 Å². The number of nitrogens with one attached hydrogen (secondary N) is 1. The van der Waals surface area contributed by atoms with Crippen molar-refractivity contribution in [2.75, 3.05) is 6.54 Å². The van der Waals surface area contributed by atoms with Crippen LogP contribution in [0.1, 0.15) is 38.3 Å². The van der Waals surface area contributed by atoms with E-state index in [1.54, 1.807) is 17.4 Å². The van der Waals surface area contributed by atoms with Gasteiger partial charge in [-0.3, -0.25) is 0 Å². The molecule has 0 radical (unpaired) electrons. The SMILES string of the molecule is CCNCc1sc(-c2ccc(Br)cc2F)nc1C(C)(C)C. The molecule has 0 bridgehead atoms. The minimum atomic E-state index is -0.242. The van der Waals surface area contributed by atoms with Crippen LogP contribution in [0, 0.1) is 5.82 Å². The molecule has 0 aliphatic rings. The summed E-state index contributed by atoms with van der Waals surface area (Å²) in [5.41, 5.74) is 1.56.